The molecular weight excluding hydrogens is 411 g/mol. The molecule has 1 heterocycles. The molecule has 4 rings (SSSR count). The van der Waals surface area contributed by atoms with Crippen LogP contribution >= 0.6 is 0 Å². The Morgan fingerprint density at radius 2 is 1.62 bits per heavy atom. The Labute approximate surface area is 183 Å². The molecule has 4 amide bonds. The largest absolute Gasteiger partial charge is 0.489 e. The van der Waals surface area contributed by atoms with E-state index in [0.29, 0.717) is 22.8 Å². The molecule has 1 saturated heterocycles. The average Bonchev–Trinajstić information content (AvgIpc) is 2.78. The number of rotatable bonds is 5. The zero-order chi connectivity index (χ0) is 22.7. The van der Waals surface area contributed by atoms with Gasteiger partial charge in [0.2, 0.25) is 0 Å². The van der Waals surface area contributed by atoms with Gasteiger partial charge in [-0.3, -0.25) is 14.9 Å². The average molecular weight is 430 g/mol. The first kappa shape index (κ1) is 21.0. The lowest BCUT2D eigenvalue weighted by Gasteiger charge is -2.26. The van der Waals surface area contributed by atoms with E-state index in [0.717, 1.165) is 11.6 Å². The van der Waals surface area contributed by atoms with E-state index in [2.05, 4.69) is 5.32 Å². The SMILES string of the molecule is Cc1ccc(COc2ccc(C=C3C(=O)NC(=O)N(c4ccccc4F)C3=O)cc2)cc1. The molecule has 0 aromatic heterocycles. The van der Waals surface area contributed by atoms with Crippen LogP contribution in [0.25, 0.3) is 6.08 Å². The summed E-state index contributed by atoms with van der Waals surface area (Å²) in [6.45, 7) is 2.42. The molecule has 0 spiro atoms. The van der Waals surface area contributed by atoms with Crippen molar-refractivity contribution in [3.63, 3.8) is 0 Å². The van der Waals surface area contributed by atoms with Gasteiger partial charge >= 0.3 is 6.03 Å². The lowest BCUT2D eigenvalue weighted by atomic mass is 10.1. The minimum atomic E-state index is -0.998. The van der Waals surface area contributed by atoms with E-state index in [9.17, 15) is 18.8 Å². The quantitative estimate of drug-likeness (QED) is 0.482. The molecule has 1 aliphatic heterocycles. The Bertz CT molecular complexity index is 1220. The molecule has 6 nitrogen and oxygen atoms in total. The molecule has 1 fully saturated rings. The lowest BCUT2D eigenvalue weighted by Crippen LogP contribution is -2.54. The van der Waals surface area contributed by atoms with Gasteiger partial charge < -0.3 is 4.74 Å². The fraction of sp³-hybridized carbons (Fsp3) is 0.0800. The molecule has 0 saturated carbocycles. The summed E-state index contributed by atoms with van der Waals surface area (Å²) in [7, 11) is 0. The number of nitrogens with one attached hydrogen (secondary N) is 1. The topological polar surface area (TPSA) is 75.7 Å². The molecule has 32 heavy (non-hydrogen) atoms. The number of hydrogen-bond donors (Lipinski definition) is 1. The Hall–Kier alpha value is -4.26. The van der Waals surface area contributed by atoms with Crippen LogP contribution in [0.2, 0.25) is 0 Å². The number of carbonyl (C=O) groups is 3. The number of halogens is 1. The number of hydrogen-bond acceptors (Lipinski definition) is 4. The fourth-order valence-corrected chi connectivity index (χ4v) is 3.19. The molecule has 0 radical (unpaired) electrons. The van der Waals surface area contributed by atoms with E-state index < -0.39 is 23.7 Å². The van der Waals surface area contributed by atoms with Crippen molar-refractivity contribution in [2.45, 2.75) is 13.5 Å². The number of carbonyl (C=O) groups excluding carboxylic acids is 3. The number of urea groups is 1. The van der Waals surface area contributed by atoms with Gasteiger partial charge in [0.05, 0.1) is 5.69 Å². The van der Waals surface area contributed by atoms with Crippen LogP contribution in [0.3, 0.4) is 0 Å². The first-order valence-corrected chi connectivity index (χ1v) is 9.87. The van der Waals surface area contributed by atoms with Gasteiger partial charge in [0, 0.05) is 0 Å². The van der Waals surface area contributed by atoms with Crippen molar-refractivity contribution in [3.8, 4) is 5.75 Å². The van der Waals surface area contributed by atoms with Crippen LogP contribution in [0.4, 0.5) is 14.9 Å². The Balaban J connectivity index is 1.52. The molecule has 0 aliphatic carbocycles. The number of nitrogens with zero attached hydrogens (tertiary/aromatic N) is 1. The normalized spacial score (nSPS) is 15.1. The highest BCUT2D eigenvalue weighted by atomic mass is 19.1. The van der Waals surface area contributed by atoms with Crippen molar-refractivity contribution in [3.05, 3.63) is 101 Å². The number of barbiturate groups is 1. The third-order valence-electron chi connectivity index (χ3n) is 4.91. The van der Waals surface area contributed by atoms with Crippen LogP contribution in [-0.2, 0) is 16.2 Å². The summed E-state index contributed by atoms with van der Waals surface area (Å²) in [6, 6.07) is 19.1. The second kappa shape index (κ2) is 8.85. The van der Waals surface area contributed by atoms with Gasteiger partial charge in [0.15, 0.2) is 0 Å². The maximum absolute atomic E-state index is 14.1. The second-order valence-corrected chi connectivity index (χ2v) is 7.25. The maximum Gasteiger partial charge on any atom is 0.336 e. The van der Waals surface area contributed by atoms with Crippen molar-refractivity contribution < 1.29 is 23.5 Å². The first-order valence-electron chi connectivity index (χ1n) is 9.87. The molecule has 3 aromatic carbocycles. The molecule has 7 heteroatoms. The van der Waals surface area contributed by atoms with Crippen molar-refractivity contribution >= 4 is 29.6 Å². The predicted molar refractivity (Wildman–Crippen MR) is 117 cm³/mol. The molecule has 0 atom stereocenters. The Morgan fingerprint density at radius 1 is 0.938 bits per heavy atom. The fourth-order valence-electron chi connectivity index (χ4n) is 3.19. The number of ether oxygens (including phenoxy) is 1. The summed E-state index contributed by atoms with van der Waals surface area (Å²) in [5.41, 5.74) is 2.25. The summed E-state index contributed by atoms with van der Waals surface area (Å²) in [5, 5.41) is 2.08. The zero-order valence-corrected chi connectivity index (χ0v) is 17.2. The van der Waals surface area contributed by atoms with E-state index in [1.54, 1.807) is 24.3 Å². The van der Waals surface area contributed by atoms with Crippen LogP contribution in [0.5, 0.6) is 5.75 Å². The van der Waals surface area contributed by atoms with Crippen LogP contribution in [0.15, 0.2) is 78.4 Å². The van der Waals surface area contributed by atoms with E-state index in [1.165, 1.54) is 29.8 Å². The number of imide groups is 2. The van der Waals surface area contributed by atoms with Gasteiger partial charge in [-0.15, -0.1) is 0 Å². The van der Waals surface area contributed by atoms with E-state index >= 15 is 0 Å². The first-order chi connectivity index (χ1) is 15.4. The van der Waals surface area contributed by atoms with Crippen LogP contribution in [0, 0.1) is 12.7 Å². The van der Waals surface area contributed by atoms with E-state index in [-0.39, 0.29) is 11.3 Å². The van der Waals surface area contributed by atoms with Gasteiger partial charge in [-0.05, 0) is 48.4 Å². The minimum absolute atomic E-state index is 0.228. The van der Waals surface area contributed by atoms with Crippen molar-refractivity contribution in [1.29, 1.82) is 0 Å². The van der Waals surface area contributed by atoms with Gasteiger partial charge in [0.25, 0.3) is 11.8 Å². The number of aryl methyl sites for hydroxylation is 1. The summed E-state index contributed by atoms with van der Waals surface area (Å²) >= 11 is 0. The molecular formula is C25H19FN2O4. The molecule has 0 bridgehead atoms. The highest BCUT2D eigenvalue weighted by molar-refractivity contribution is 6.39. The van der Waals surface area contributed by atoms with Crippen molar-refractivity contribution in [2.24, 2.45) is 0 Å². The molecule has 3 aromatic rings. The molecule has 160 valence electrons. The third-order valence-corrected chi connectivity index (χ3v) is 4.91. The summed E-state index contributed by atoms with van der Waals surface area (Å²) in [5.74, 6) is -1.87. The lowest BCUT2D eigenvalue weighted by molar-refractivity contribution is -0.122. The smallest absolute Gasteiger partial charge is 0.336 e. The minimum Gasteiger partial charge on any atom is -0.489 e. The number of anilines is 1. The highest BCUT2D eigenvalue weighted by Gasteiger charge is 2.37. The zero-order valence-electron chi connectivity index (χ0n) is 17.2. The van der Waals surface area contributed by atoms with Gasteiger partial charge in [0.1, 0.15) is 23.7 Å². The van der Waals surface area contributed by atoms with Crippen molar-refractivity contribution in [2.75, 3.05) is 4.90 Å². The number of para-hydroxylation sites is 1. The molecule has 1 N–H and O–H groups in total. The number of benzene rings is 3. The summed E-state index contributed by atoms with van der Waals surface area (Å²) in [6.07, 6.45) is 1.35. The van der Waals surface area contributed by atoms with E-state index in [4.69, 9.17) is 4.74 Å². The van der Waals surface area contributed by atoms with Crippen molar-refractivity contribution in [1.82, 2.24) is 5.32 Å². The van der Waals surface area contributed by atoms with Gasteiger partial charge in [-0.25, -0.2) is 14.1 Å². The standard InChI is InChI=1S/C25H19FN2O4/c1-16-6-8-18(9-7-16)15-32-19-12-10-17(11-13-19)14-20-23(29)27-25(31)28(24(20)30)22-5-3-2-4-21(22)26/h2-14H,15H2,1H3,(H,27,29,31). The highest BCUT2D eigenvalue weighted by Crippen LogP contribution is 2.25. The van der Waals surface area contributed by atoms with E-state index in [1.807, 2.05) is 31.2 Å². The Morgan fingerprint density at radius 3 is 2.31 bits per heavy atom. The maximum atomic E-state index is 14.1. The van der Waals surface area contributed by atoms with Crippen LogP contribution < -0.4 is 15.0 Å². The van der Waals surface area contributed by atoms with Gasteiger partial charge in [-0.1, -0.05) is 54.1 Å². The summed E-state index contributed by atoms with van der Waals surface area (Å²) < 4.78 is 19.9. The Kier molecular flexibility index (Phi) is 5.81. The van der Waals surface area contributed by atoms with Crippen LogP contribution in [0.1, 0.15) is 16.7 Å². The van der Waals surface area contributed by atoms with Crippen LogP contribution in [-0.4, -0.2) is 17.8 Å². The van der Waals surface area contributed by atoms with Gasteiger partial charge in [-0.2, -0.15) is 0 Å². The third kappa shape index (κ3) is 4.41. The number of amides is 4. The molecule has 1 aliphatic rings. The second-order valence-electron chi connectivity index (χ2n) is 7.25. The predicted octanol–water partition coefficient (Wildman–Crippen LogP) is 4.38. The monoisotopic (exact) mass is 430 g/mol. The molecule has 0 unspecified atom stereocenters. The summed E-state index contributed by atoms with van der Waals surface area (Å²) in [4.78, 5) is 37.9.